The second kappa shape index (κ2) is 6.06. The van der Waals surface area contributed by atoms with E-state index in [-0.39, 0.29) is 17.2 Å². The van der Waals surface area contributed by atoms with Crippen molar-refractivity contribution in [1.29, 1.82) is 0 Å². The van der Waals surface area contributed by atoms with Gasteiger partial charge in [-0.2, -0.15) is 0 Å². The molecule has 0 heterocycles. The first kappa shape index (κ1) is 14.5. The number of ketones is 1. The Kier molecular flexibility index (Phi) is 4.40. The molecule has 2 aromatic carbocycles. The van der Waals surface area contributed by atoms with Crippen LogP contribution in [-0.4, -0.2) is 12.9 Å². The van der Waals surface area contributed by atoms with E-state index in [0.717, 1.165) is 5.56 Å². The Bertz CT molecular complexity index is 653. The summed E-state index contributed by atoms with van der Waals surface area (Å²) in [7, 11) is 1.52. The predicted molar refractivity (Wildman–Crippen MR) is 77.2 cm³/mol. The zero-order valence-corrected chi connectivity index (χ0v) is 12.0. The van der Waals surface area contributed by atoms with E-state index in [9.17, 15) is 9.18 Å². The lowest BCUT2D eigenvalue weighted by atomic mass is 10.0. The number of benzene rings is 2. The van der Waals surface area contributed by atoms with Crippen LogP contribution in [-0.2, 0) is 6.42 Å². The molecular formula is C16H14ClFO2. The van der Waals surface area contributed by atoms with Crippen LogP contribution in [0.2, 0.25) is 5.02 Å². The first-order chi connectivity index (χ1) is 9.51. The predicted octanol–water partition coefficient (Wildman–Crippen LogP) is 4.22. The highest BCUT2D eigenvalue weighted by atomic mass is 35.5. The first-order valence-electron chi connectivity index (χ1n) is 6.13. The third kappa shape index (κ3) is 3.17. The van der Waals surface area contributed by atoms with Crippen molar-refractivity contribution in [2.24, 2.45) is 0 Å². The lowest BCUT2D eigenvalue weighted by Crippen LogP contribution is -2.06. The average molecular weight is 293 g/mol. The molecule has 0 saturated heterocycles. The summed E-state index contributed by atoms with van der Waals surface area (Å²) in [5, 5.41) is 0.255. The van der Waals surface area contributed by atoms with Gasteiger partial charge in [0, 0.05) is 11.4 Å². The Hall–Kier alpha value is -1.87. The minimum Gasteiger partial charge on any atom is -0.496 e. The van der Waals surface area contributed by atoms with Crippen molar-refractivity contribution in [3.05, 3.63) is 63.9 Å². The molecule has 0 aliphatic rings. The Labute approximate surface area is 122 Å². The van der Waals surface area contributed by atoms with E-state index in [1.165, 1.54) is 25.3 Å². The second-order valence-corrected chi connectivity index (χ2v) is 4.95. The highest BCUT2D eigenvalue weighted by Gasteiger charge is 2.15. The molecule has 0 N–H and O–H groups in total. The molecular weight excluding hydrogens is 279 g/mol. The minimum absolute atomic E-state index is 0.110. The van der Waals surface area contributed by atoms with Gasteiger partial charge in [0.25, 0.3) is 0 Å². The molecule has 2 rings (SSSR count). The van der Waals surface area contributed by atoms with Crippen molar-refractivity contribution < 1.29 is 13.9 Å². The molecule has 0 saturated carbocycles. The van der Waals surface area contributed by atoms with Crippen molar-refractivity contribution in [2.75, 3.05) is 7.11 Å². The summed E-state index contributed by atoms with van der Waals surface area (Å²) < 4.78 is 18.2. The molecule has 0 bridgehead atoms. The van der Waals surface area contributed by atoms with Gasteiger partial charge in [0.1, 0.15) is 11.6 Å². The normalized spacial score (nSPS) is 10.4. The molecule has 0 spiro atoms. The summed E-state index contributed by atoms with van der Waals surface area (Å²) in [5.41, 5.74) is 2.08. The van der Waals surface area contributed by atoms with Crippen LogP contribution in [0.25, 0.3) is 0 Å². The van der Waals surface area contributed by atoms with Crippen LogP contribution in [0.15, 0.2) is 36.4 Å². The first-order valence-corrected chi connectivity index (χ1v) is 6.51. The highest BCUT2D eigenvalue weighted by molar-refractivity contribution is 6.31. The smallest absolute Gasteiger partial charge is 0.171 e. The molecule has 0 fully saturated rings. The number of hydrogen-bond acceptors (Lipinski definition) is 2. The third-order valence-electron chi connectivity index (χ3n) is 3.02. The summed E-state index contributed by atoms with van der Waals surface area (Å²) in [6.07, 6.45) is 0.110. The monoisotopic (exact) mass is 292 g/mol. The van der Waals surface area contributed by atoms with Gasteiger partial charge in [-0.25, -0.2) is 4.39 Å². The molecule has 0 amide bonds. The minimum atomic E-state index is -0.417. The lowest BCUT2D eigenvalue weighted by Gasteiger charge is -2.09. The maximum Gasteiger partial charge on any atom is 0.171 e. The molecule has 0 aromatic heterocycles. The van der Waals surface area contributed by atoms with E-state index in [2.05, 4.69) is 0 Å². The zero-order valence-electron chi connectivity index (χ0n) is 11.2. The number of ether oxygens (including phenoxy) is 1. The fourth-order valence-electron chi connectivity index (χ4n) is 1.97. The van der Waals surface area contributed by atoms with Gasteiger partial charge in [0.05, 0.1) is 12.7 Å². The molecule has 0 aliphatic heterocycles. The molecule has 0 radical (unpaired) electrons. The number of halogens is 2. The van der Waals surface area contributed by atoms with Crippen molar-refractivity contribution in [1.82, 2.24) is 0 Å². The average Bonchev–Trinajstić information content (AvgIpc) is 2.41. The fourth-order valence-corrected chi connectivity index (χ4v) is 2.21. The Balaban J connectivity index is 2.30. The van der Waals surface area contributed by atoms with Crippen molar-refractivity contribution in [3.63, 3.8) is 0 Å². The summed E-state index contributed by atoms with van der Waals surface area (Å²) in [4.78, 5) is 12.4. The van der Waals surface area contributed by atoms with E-state index in [1.54, 1.807) is 12.1 Å². The van der Waals surface area contributed by atoms with Gasteiger partial charge in [-0.05, 0) is 36.8 Å². The van der Waals surface area contributed by atoms with Gasteiger partial charge in [0.2, 0.25) is 0 Å². The largest absolute Gasteiger partial charge is 0.496 e. The van der Waals surface area contributed by atoms with Crippen LogP contribution in [0.5, 0.6) is 5.75 Å². The molecule has 2 aromatic rings. The van der Waals surface area contributed by atoms with Gasteiger partial charge >= 0.3 is 0 Å². The van der Waals surface area contributed by atoms with Crippen LogP contribution in [0.3, 0.4) is 0 Å². The van der Waals surface area contributed by atoms with Gasteiger partial charge in [-0.15, -0.1) is 0 Å². The summed E-state index contributed by atoms with van der Waals surface area (Å²) in [5.74, 6) is -0.00257. The van der Waals surface area contributed by atoms with E-state index < -0.39 is 5.82 Å². The van der Waals surface area contributed by atoms with E-state index in [0.29, 0.717) is 16.9 Å². The second-order valence-electron chi connectivity index (χ2n) is 4.54. The van der Waals surface area contributed by atoms with Gasteiger partial charge in [-0.1, -0.05) is 29.3 Å². The Morgan fingerprint density at radius 1 is 1.25 bits per heavy atom. The van der Waals surface area contributed by atoms with Crippen molar-refractivity contribution >= 4 is 17.4 Å². The quantitative estimate of drug-likeness (QED) is 0.789. The van der Waals surface area contributed by atoms with Crippen LogP contribution in [0.1, 0.15) is 21.5 Å². The van der Waals surface area contributed by atoms with Crippen LogP contribution in [0.4, 0.5) is 4.39 Å². The number of hydrogen-bond donors (Lipinski definition) is 0. The summed E-state index contributed by atoms with van der Waals surface area (Å²) in [6, 6.07) is 9.44. The molecule has 0 atom stereocenters. The number of aryl methyl sites for hydroxylation is 1. The van der Waals surface area contributed by atoms with Crippen molar-refractivity contribution in [2.45, 2.75) is 13.3 Å². The highest BCUT2D eigenvalue weighted by Crippen LogP contribution is 2.24. The van der Waals surface area contributed by atoms with E-state index in [1.807, 2.05) is 13.0 Å². The molecule has 0 unspecified atom stereocenters. The van der Waals surface area contributed by atoms with Crippen LogP contribution >= 0.6 is 11.6 Å². The molecule has 20 heavy (non-hydrogen) atoms. The number of rotatable bonds is 4. The summed E-state index contributed by atoms with van der Waals surface area (Å²) >= 11 is 5.94. The number of carbonyl (C=O) groups excluding carboxylic acids is 1. The number of carbonyl (C=O) groups is 1. The maximum absolute atomic E-state index is 13.0. The zero-order chi connectivity index (χ0) is 14.7. The Morgan fingerprint density at radius 3 is 2.65 bits per heavy atom. The van der Waals surface area contributed by atoms with Crippen molar-refractivity contribution in [3.8, 4) is 5.75 Å². The lowest BCUT2D eigenvalue weighted by molar-refractivity contribution is 0.0990. The Morgan fingerprint density at radius 2 is 2.00 bits per heavy atom. The fraction of sp³-hybridized carbons (Fsp3) is 0.188. The topological polar surface area (TPSA) is 26.3 Å². The van der Waals surface area contributed by atoms with E-state index >= 15 is 0 Å². The molecule has 0 aliphatic carbocycles. The van der Waals surface area contributed by atoms with Gasteiger partial charge in [-0.3, -0.25) is 4.79 Å². The molecule has 104 valence electrons. The SMILES string of the molecule is COc1ccc(C)cc1C(=O)Cc1ccc(F)cc1Cl. The van der Waals surface area contributed by atoms with Gasteiger partial charge < -0.3 is 4.74 Å². The number of Topliss-reactive ketones (excluding diaryl/α,β-unsaturated/α-hetero) is 1. The maximum atomic E-state index is 13.0. The van der Waals surface area contributed by atoms with Crippen LogP contribution < -0.4 is 4.74 Å². The van der Waals surface area contributed by atoms with E-state index in [4.69, 9.17) is 16.3 Å². The standard InChI is InChI=1S/C16H14ClFO2/c1-10-3-6-16(20-2)13(7-10)15(19)8-11-4-5-12(18)9-14(11)17/h3-7,9H,8H2,1-2H3. The summed E-state index contributed by atoms with van der Waals surface area (Å²) in [6.45, 7) is 1.90. The molecule has 2 nitrogen and oxygen atoms in total. The number of methoxy groups -OCH3 is 1. The molecule has 4 heteroatoms. The van der Waals surface area contributed by atoms with Gasteiger partial charge in [0.15, 0.2) is 5.78 Å². The third-order valence-corrected chi connectivity index (χ3v) is 3.37. The van der Waals surface area contributed by atoms with Crippen LogP contribution in [0, 0.1) is 12.7 Å².